The maximum atomic E-state index is 10.1. The van der Waals surface area contributed by atoms with Crippen LogP contribution in [-0.2, 0) is 4.79 Å². The third-order valence-corrected chi connectivity index (χ3v) is 1.05. The zero-order chi connectivity index (χ0) is 6.41. The van der Waals surface area contributed by atoms with Crippen molar-refractivity contribution < 1.29 is 9.90 Å². The number of thioether (sulfide) groups is 1. The molecule has 0 aromatic carbocycles. The Morgan fingerprint density at radius 1 is 1.88 bits per heavy atom. The average Bonchev–Trinajstić information content (AvgIpc) is 1.66. The van der Waals surface area contributed by atoms with Crippen molar-refractivity contribution in [3.05, 3.63) is 0 Å². The van der Waals surface area contributed by atoms with Crippen molar-refractivity contribution in [1.82, 2.24) is 5.32 Å². The zero-order valence-corrected chi connectivity index (χ0v) is 5.49. The summed E-state index contributed by atoms with van der Waals surface area (Å²) in [5.41, 5.74) is 0. The van der Waals surface area contributed by atoms with Crippen molar-refractivity contribution in [2.45, 2.75) is 6.92 Å². The van der Waals surface area contributed by atoms with E-state index < -0.39 is 0 Å². The van der Waals surface area contributed by atoms with Gasteiger partial charge in [0, 0.05) is 6.92 Å². The number of amides is 1. The van der Waals surface area contributed by atoms with Crippen LogP contribution in [0.2, 0.25) is 0 Å². The molecule has 0 aliphatic rings. The molecule has 8 heavy (non-hydrogen) atoms. The summed E-state index contributed by atoms with van der Waals surface area (Å²) >= 11 is 1.26. The first-order chi connectivity index (χ1) is 3.77. The number of hydrogen-bond donors (Lipinski definition) is 2. The summed E-state index contributed by atoms with van der Waals surface area (Å²) in [6, 6.07) is 0. The van der Waals surface area contributed by atoms with Crippen molar-refractivity contribution in [2.24, 2.45) is 0 Å². The molecule has 0 rings (SSSR count). The molecule has 1 amide bonds. The van der Waals surface area contributed by atoms with Gasteiger partial charge in [0.1, 0.15) is 0 Å². The van der Waals surface area contributed by atoms with E-state index in [4.69, 9.17) is 5.11 Å². The van der Waals surface area contributed by atoms with Crippen LogP contribution in [0.15, 0.2) is 0 Å². The number of aliphatic hydroxyl groups excluding tert-OH is 1. The summed E-state index contributed by atoms with van der Waals surface area (Å²) in [5.74, 6) is 0.484. The van der Waals surface area contributed by atoms with Gasteiger partial charge in [0.15, 0.2) is 0 Å². The van der Waals surface area contributed by atoms with Crippen LogP contribution in [0.1, 0.15) is 6.92 Å². The van der Waals surface area contributed by atoms with Gasteiger partial charge in [-0.2, -0.15) is 0 Å². The normalized spacial score (nSPS) is 8.75. The van der Waals surface area contributed by atoms with Gasteiger partial charge < -0.3 is 10.4 Å². The Morgan fingerprint density at radius 3 is 2.88 bits per heavy atom. The minimum Gasteiger partial charge on any atom is -0.386 e. The quantitative estimate of drug-likeness (QED) is 0.415. The fourth-order valence-corrected chi connectivity index (χ4v) is 0.595. The minimum atomic E-state index is -0.0639. The van der Waals surface area contributed by atoms with Gasteiger partial charge in [-0.05, 0) is 0 Å². The Labute approximate surface area is 52.5 Å². The van der Waals surface area contributed by atoms with E-state index in [1.165, 1.54) is 18.7 Å². The van der Waals surface area contributed by atoms with E-state index in [1.807, 2.05) is 0 Å². The summed E-state index contributed by atoms with van der Waals surface area (Å²) < 4.78 is 0. The summed E-state index contributed by atoms with van der Waals surface area (Å²) in [5, 5.41) is 10.7. The van der Waals surface area contributed by atoms with E-state index in [0.29, 0.717) is 5.88 Å². The average molecular weight is 135 g/mol. The number of carbonyl (C=O) groups excluding carboxylic acids is 1. The Hall–Kier alpha value is -0.220. The molecule has 0 bridgehead atoms. The lowest BCUT2D eigenvalue weighted by Crippen LogP contribution is -2.18. The van der Waals surface area contributed by atoms with E-state index in [-0.39, 0.29) is 11.8 Å². The number of hydrogen-bond acceptors (Lipinski definition) is 3. The number of rotatable bonds is 3. The van der Waals surface area contributed by atoms with Crippen molar-refractivity contribution in [3.63, 3.8) is 0 Å². The third-order valence-electron chi connectivity index (χ3n) is 0.514. The van der Waals surface area contributed by atoms with Gasteiger partial charge in [0.25, 0.3) is 0 Å². The van der Waals surface area contributed by atoms with Gasteiger partial charge in [0.05, 0.1) is 11.8 Å². The first-order valence-corrected chi connectivity index (χ1v) is 3.36. The molecule has 0 heterocycles. The fourth-order valence-electron chi connectivity index (χ4n) is 0.198. The van der Waals surface area contributed by atoms with Crippen LogP contribution in [0, 0.1) is 0 Å². The predicted molar refractivity (Wildman–Crippen MR) is 33.4 cm³/mol. The van der Waals surface area contributed by atoms with E-state index in [1.54, 1.807) is 0 Å². The van der Waals surface area contributed by atoms with Crippen LogP contribution in [0.4, 0.5) is 0 Å². The Balaban J connectivity index is 2.82. The van der Waals surface area contributed by atoms with Crippen molar-refractivity contribution in [2.75, 3.05) is 11.8 Å². The predicted octanol–water partition coefficient (Wildman–Crippen LogP) is -0.237. The van der Waals surface area contributed by atoms with Gasteiger partial charge in [-0.15, -0.1) is 11.8 Å². The molecular formula is C4H9NO2S. The SMILES string of the molecule is CC(=O)NCSCO. The van der Waals surface area contributed by atoms with Crippen LogP contribution >= 0.6 is 11.8 Å². The second-order valence-electron chi connectivity index (χ2n) is 1.21. The minimum absolute atomic E-state index is 0.0558. The smallest absolute Gasteiger partial charge is 0.217 e. The van der Waals surface area contributed by atoms with E-state index in [2.05, 4.69) is 5.32 Å². The van der Waals surface area contributed by atoms with Crippen LogP contribution in [0.25, 0.3) is 0 Å². The van der Waals surface area contributed by atoms with E-state index in [0.717, 1.165) is 0 Å². The summed E-state index contributed by atoms with van der Waals surface area (Å²) in [6.07, 6.45) is 0. The molecule has 48 valence electrons. The molecule has 4 heteroatoms. The molecule has 0 unspecified atom stereocenters. The molecule has 2 N–H and O–H groups in total. The summed E-state index contributed by atoms with van der Waals surface area (Å²) in [7, 11) is 0. The molecule has 0 aromatic rings. The first-order valence-electron chi connectivity index (χ1n) is 2.20. The van der Waals surface area contributed by atoms with Crippen LogP contribution in [0.3, 0.4) is 0 Å². The number of carbonyl (C=O) groups is 1. The third kappa shape index (κ3) is 5.78. The van der Waals surface area contributed by atoms with Crippen LogP contribution in [-0.4, -0.2) is 22.8 Å². The second kappa shape index (κ2) is 4.93. The van der Waals surface area contributed by atoms with E-state index >= 15 is 0 Å². The molecule has 0 atom stereocenters. The Bertz CT molecular complexity index is 76.4. The highest BCUT2D eigenvalue weighted by Crippen LogP contribution is 1.90. The lowest BCUT2D eigenvalue weighted by molar-refractivity contribution is -0.118. The maximum absolute atomic E-state index is 10.1. The zero-order valence-electron chi connectivity index (χ0n) is 4.68. The topological polar surface area (TPSA) is 49.3 Å². The van der Waals surface area contributed by atoms with Gasteiger partial charge in [-0.1, -0.05) is 0 Å². The molecule has 0 aliphatic heterocycles. The lowest BCUT2D eigenvalue weighted by atomic mass is 10.7. The van der Waals surface area contributed by atoms with Gasteiger partial charge >= 0.3 is 0 Å². The molecule has 0 saturated carbocycles. The first kappa shape index (κ1) is 7.78. The van der Waals surface area contributed by atoms with Crippen LogP contribution < -0.4 is 5.32 Å². The van der Waals surface area contributed by atoms with Crippen molar-refractivity contribution in [1.29, 1.82) is 0 Å². The van der Waals surface area contributed by atoms with E-state index in [9.17, 15) is 4.79 Å². The van der Waals surface area contributed by atoms with Crippen molar-refractivity contribution >= 4 is 17.7 Å². The molecular weight excluding hydrogens is 126 g/mol. The maximum Gasteiger partial charge on any atom is 0.217 e. The monoisotopic (exact) mass is 135 g/mol. The molecule has 3 nitrogen and oxygen atoms in total. The van der Waals surface area contributed by atoms with Crippen LogP contribution in [0.5, 0.6) is 0 Å². The van der Waals surface area contributed by atoms with Gasteiger partial charge in [-0.3, -0.25) is 4.79 Å². The lowest BCUT2D eigenvalue weighted by Gasteiger charge is -1.95. The molecule has 0 spiro atoms. The fraction of sp³-hybridized carbons (Fsp3) is 0.750. The molecule has 0 fully saturated rings. The van der Waals surface area contributed by atoms with Gasteiger partial charge in [0.2, 0.25) is 5.91 Å². The molecule has 0 radical (unpaired) electrons. The largest absolute Gasteiger partial charge is 0.386 e. The number of nitrogens with one attached hydrogen (secondary N) is 1. The van der Waals surface area contributed by atoms with Gasteiger partial charge in [-0.25, -0.2) is 0 Å². The Morgan fingerprint density at radius 2 is 2.50 bits per heavy atom. The second-order valence-corrected chi connectivity index (χ2v) is 2.17. The standard InChI is InChI=1S/C4H9NO2S/c1-4(7)5-2-8-3-6/h6H,2-3H2,1H3,(H,5,7). The highest BCUT2D eigenvalue weighted by molar-refractivity contribution is 7.99. The molecule has 0 aromatic heterocycles. The number of aliphatic hydroxyl groups is 1. The highest BCUT2D eigenvalue weighted by atomic mass is 32.2. The molecule has 0 saturated heterocycles. The van der Waals surface area contributed by atoms with Crippen molar-refractivity contribution in [3.8, 4) is 0 Å². The summed E-state index contributed by atoms with van der Waals surface area (Å²) in [4.78, 5) is 10.1. The summed E-state index contributed by atoms with van der Waals surface area (Å²) in [6.45, 7) is 1.44. The molecule has 0 aliphatic carbocycles. The Kier molecular flexibility index (Phi) is 4.79. The highest BCUT2D eigenvalue weighted by Gasteiger charge is 1.86.